The third-order valence-corrected chi connectivity index (χ3v) is 4.93. The number of pyridine rings is 1. The molecule has 1 aliphatic heterocycles. The Bertz CT molecular complexity index is 891. The fraction of sp³-hybridized carbons (Fsp3) is 0.333. The minimum absolute atomic E-state index is 0.0343. The summed E-state index contributed by atoms with van der Waals surface area (Å²) in [6, 6.07) is 5.80. The highest BCUT2D eigenvalue weighted by atomic mass is 19.1. The molecule has 1 fully saturated rings. The van der Waals surface area contributed by atoms with Crippen LogP contribution in [0.3, 0.4) is 0 Å². The van der Waals surface area contributed by atoms with Crippen molar-refractivity contribution < 1.29 is 13.6 Å². The lowest BCUT2D eigenvalue weighted by molar-refractivity contribution is 0.103. The zero-order valence-electron chi connectivity index (χ0n) is 12.9. The van der Waals surface area contributed by atoms with Gasteiger partial charge in [-0.2, -0.15) is 0 Å². The average Bonchev–Trinajstić information content (AvgIpc) is 2.95. The smallest absolute Gasteiger partial charge is 0.252 e. The van der Waals surface area contributed by atoms with E-state index in [-0.39, 0.29) is 28.8 Å². The number of hydrogen-bond acceptors (Lipinski definition) is 3. The molecule has 4 nitrogen and oxygen atoms in total. The van der Waals surface area contributed by atoms with Gasteiger partial charge in [-0.25, -0.2) is 8.78 Å². The first-order valence-corrected chi connectivity index (χ1v) is 8.08. The van der Waals surface area contributed by atoms with Crippen molar-refractivity contribution in [3.05, 3.63) is 63.4 Å². The number of nitrogens with one attached hydrogen (secondary N) is 1. The van der Waals surface area contributed by atoms with Crippen molar-refractivity contribution in [1.29, 1.82) is 0 Å². The number of anilines is 1. The van der Waals surface area contributed by atoms with Crippen LogP contribution < -0.4 is 10.9 Å². The van der Waals surface area contributed by atoms with E-state index in [9.17, 15) is 18.4 Å². The molecule has 24 heavy (non-hydrogen) atoms. The maximum atomic E-state index is 14.0. The quantitative estimate of drug-likeness (QED) is 0.860. The molecule has 1 aliphatic carbocycles. The van der Waals surface area contributed by atoms with E-state index in [0.717, 1.165) is 37.8 Å². The van der Waals surface area contributed by atoms with Crippen molar-refractivity contribution in [2.24, 2.45) is 0 Å². The van der Waals surface area contributed by atoms with Crippen LogP contribution in [-0.4, -0.2) is 16.4 Å². The molecule has 2 heterocycles. The van der Waals surface area contributed by atoms with Gasteiger partial charge in [0.25, 0.3) is 5.56 Å². The molecule has 0 bridgehead atoms. The van der Waals surface area contributed by atoms with Crippen molar-refractivity contribution in [3.63, 3.8) is 0 Å². The van der Waals surface area contributed by atoms with E-state index in [1.165, 1.54) is 12.1 Å². The van der Waals surface area contributed by atoms with E-state index in [1.807, 2.05) is 0 Å². The molecule has 0 radical (unpaired) electrons. The standard InChI is InChI=1S/C18H16F2N2O2/c19-10-5-6-11(13(20)9-10)17(24)12-7-8-16(23)22-15-4-2-1-3-14(15)21-18(12)22/h5-9,14-15,21H,1-4H2/t14-,15+/m1/s1. The number of carbonyl (C=O) groups is 1. The number of halogens is 2. The van der Waals surface area contributed by atoms with E-state index in [1.54, 1.807) is 4.57 Å². The van der Waals surface area contributed by atoms with E-state index in [0.29, 0.717) is 11.9 Å². The SMILES string of the molecule is O=C(c1ccc(F)cc1F)c1ccc(=O)n2c1N[C@@H]1CCCC[C@@H]12. The lowest BCUT2D eigenvalue weighted by Crippen LogP contribution is -2.29. The third-order valence-electron chi connectivity index (χ3n) is 4.93. The molecule has 4 rings (SSSR count). The Hall–Kier alpha value is -2.50. The first kappa shape index (κ1) is 15.1. The van der Waals surface area contributed by atoms with Gasteiger partial charge in [0, 0.05) is 18.2 Å². The van der Waals surface area contributed by atoms with E-state index in [4.69, 9.17) is 0 Å². The van der Waals surface area contributed by atoms with Crippen LogP contribution in [0.25, 0.3) is 0 Å². The van der Waals surface area contributed by atoms with Crippen LogP contribution in [0, 0.1) is 11.6 Å². The molecule has 6 heteroatoms. The normalized spacial score (nSPS) is 21.8. The highest BCUT2D eigenvalue weighted by molar-refractivity contribution is 6.12. The van der Waals surface area contributed by atoms with Gasteiger partial charge < -0.3 is 5.32 Å². The summed E-state index contributed by atoms with van der Waals surface area (Å²) >= 11 is 0. The molecular weight excluding hydrogens is 314 g/mol. The van der Waals surface area contributed by atoms with Crippen molar-refractivity contribution in [2.75, 3.05) is 5.32 Å². The number of ketones is 1. The number of benzene rings is 1. The predicted molar refractivity (Wildman–Crippen MR) is 85.4 cm³/mol. The molecule has 0 saturated heterocycles. The van der Waals surface area contributed by atoms with Crippen molar-refractivity contribution in [3.8, 4) is 0 Å². The number of carbonyl (C=O) groups excluding carboxylic acids is 1. The zero-order valence-corrected chi connectivity index (χ0v) is 12.9. The lowest BCUT2D eigenvalue weighted by atomic mass is 9.91. The molecule has 1 N–H and O–H groups in total. The number of nitrogens with zero attached hydrogens (tertiary/aromatic N) is 1. The van der Waals surface area contributed by atoms with Crippen LogP contribution in [0.5, 0.6) is 0 Å². The second kappa shape index (κ2) is 5.54. The Morgan fingerprint density at radius 2 is 1.83 bits per heavy atom. The number of hydrogen-bond donors (Lipinski definition) is 1. The lowest BCUT2D eigenvalue weighted by Gasteiger charge is -2.25. The highest BCUT2D eigenvalue weighted by Gasteiger charge is 2.36. The summed E-state index contributed by atoms with van der Waals surface area (Å²) in [5.41, 5.74) is -0.118. The monoisotopic (exact) mass is 330 g/mol. The van der Waals surface area contributed by atoms with Gasteiger partial charge in [-0.3, -0.25) is 14.2 Å². The summed E-state index contributed by atoms with van der Waals surface area (Å²) in [6.07, 6.45) is 3.93. The van der Waals surface area contributed by atoms with Crippen LogP contribution in [0.1, 0.15) is 47.6 Å². The highest BCUT2D eigenvalue weighted by Crippen LogP contribution is 2.38. The molecule has 124 valence electrons. The minimum atomic E-state index is -0.902. The Kier molecular flexibility index (Phi) is 3.48. The molecule has 1 aromatic heterocycles. The van der Waals surface area contributed by atoms with Crippen LogP contribution >= 0.6 is 0 Å². The van der Waals surface area contributed by atoms with E-state index >= 15 is 0 Å². The number of fused-ring (bicyclic) bond motifs is 3. The fourth-order valence-electron chi connectivity index (χ4n) is 3.80. The molecule has 0 amide bonds. The molecule has 2 aliphatic rings. The van der Waals surface area contributed by atoms with Crippen molar-refractivity contribution in [2.45, 2.75) is 37.8 Å². The fourth-order valence-corrected chi connectivity index (χ4v) is 3.80. The third kappa shape index (κ3) is 2.25. The first-order chi connectivity index (χ1) is 11.6. The summed E-state index contributed by atoms with van der Waals surface area (Å²) in [5, 5.41) is 3.27. The maximum absolute atomic E-state index is 14.0. The molecule has 1 aromatic carbocycles. The van der Waals surface area contributed by atoms with Gasteiger partial charge >= 0.3 is 0 Å². The van der Waals surface area contributed by atoms with Crippen LogP contribution in [0.2, 0.25) is 0 Å². The molecule has 2 atom stereocenters. The van der Waals surface area contributed by atoms with Gasteiger partial charge in [0.05, 0.1) is 17.2 Å². The average molecular weight is 330 g/mol. The largest absolute Gasteiger partial charge is 0.366 e. The summed E-state index contributed by atoms with van der Waals surface area (Å²) in [7, 11) is 0. The molecule has 0 spiro atoms. The van der Waals surface area contributed by atoms with Crippen LogP contribution in [-0.2, 0) is 0 Å². The minimum Gasteiger partial charge on any atom is -0.366 e. The van der Waals surface area contributed by atoms with Gasteiger partial charge in [0.2, 0.25) is 0 Å². The summed E-state index contributed by atoms with van der Waals surface area (Å²) < 4.78 is 28.7. The topological polar surface area (TPSA) is 51.1 Å². The Morgan fingerprint density at radius 3 is 2.62 bits per heavy atom. The summed E-state index contributed by atoms with van der Waals surface area (Å²) in [6.45, 7) is 0. The Morgan fingerprint density at radius 1 is 1.08 bits per heavy atom. The Labute approximate surface area is 137 Å². The van der Waals surface area contributed by atoms with Gasteiger partial charge in [-0.05, 0) is 31.0 Å². The van der Waals surface area contributed by atoms with Crippen molar-refractivity contribution >= 4 is 11.6 Å². The van der Waals surface area contributed by atoms with Gasteiger partial charge in [0.15, 0.2) is 5.78 Å². The van der Waals surface area contributed by atoms with Crippen molar-refractivity contribution in [1.82, 2.24) is 4.57 Å². The molecule has 0 unspecified atom stereocenters. The van der Waals surface area contributed by atoms with Gasteiger partial charge in [0.1, 0.15) is 17.5 Å². The maximum Gasteiger partial charge on any atom is 0.252 e. The number of rotatable bonds is 2. The van der Waals surface area contributed by atoms with Gasteiger partial charge in [-0.15, -0.1) is 0 Å². The molecule has 2 aromatic rings. The van der Waals surface area contributed by atoms with Crippen LogP contribution in [0.4, 0.5) is 14.6 Å². The molecular formula is C18H16F2N2O2. The van der Waals surface area contributed by atoms with E-state index < -0.39 is 17.4 Å². The van der Waals surface area contributed by atoms with Crippen LogP contribution in [0.15, 0.2) is 35.1 Å². The summed E-state index contributed by atoms with van der Waals surface area (Å²) in [5.74, 6) is -1.74. The second-order valence-electron chi connectivity index (χ2n) is 6.36. The van der Waals surface area contributed by atoms with Gasteiger partial charge in [-0.1, -0.05) is 12.8 Å². The number of aromatic nitrogens is 1. The second-order valence-corrected chi connectivity index (χ2v) is 6.36. The summed E-state index contributed by atoms with van der Waals surface area (Å²) in [4.78, 5) is 25.0. The van der Waals surface area contributed by atoms with E-state index in [2.05, 4.69) is 5.32 Å². The Balaban J connectivity index is 1.82. The first-order valence-electron chi connectivity index (χ1n) is 8.08. The predicted octanol–water partition coefficient (Wildman–Crippen LogP) is 3.27. The zero-order chi connectivity index (χ0) is 16.8. The molecule has 1 saturated carbocycles.